The molecule has 0 aromatic carbocycles. The van der Waals surface area contributed by atoms with Crippen LogP contribution in [0.4, 0.5) is 17.3 Å². The normalized spacial score (nSPS) is 17.5. The largest absolute Gasteiger partial charge is 0.463 e. The zero-order valence-corrected chi connectivity index (χ0v) is 20.1. The minimum atomic E-state index is -0.842. The Hall–Kier alpha value is -2.65. The van der Waals surface area contributed by atoms with Crippen molar-refractivity contribution in [3.63, 3.8) is 0 Å². The van der Waals surface area contributed by atoms with E-state index in [1.807, 2.05) is 4.90 Å². The number of allylic oxidation sites excluding steroid dienone is 1. The molecule has 0 unspecified atom stereocenters. The van der Waals surface area contributed by atoms with Crippen molar-refractivity contribution in [3.8, 4) is 6.01 Å². The maximum absolute atomic E-state index is 12.3. The van der Waals surface area contributed by atoms with Crippen LogP contribution in [0.15, 0.2) is 23.8 Å². The monoisotopic (exact) mass is 458 g/mol. The molecule has 4 N–H and O–H groups in total. The van der Waals surface area contributed by atoms with Gasteiger partial charge in [-0.15, -0.1) is 0 Å². The number of hydrogen-bond donors (Lipinski definition) is 3. The molecule has 0 bridgehead atoms. The summed E-state index contributed by atoms with van der Waals surface area (Å²) >= 11 is 0. The molecule has 0 aliphatic carbocycles. The van der Waals surface area contributed by atoms with Gasteiger partial charge < -0.3 is 25.8 Å². The van der Waals surface area contributed by atoms with E-state index in [-0.39, 0.29) is 30.9 Å². The average molecular weight is 459 g/mol. The van der Waals surface area contributed by atoms with E-state index >= 15 is 0 Å². The number of hydrogen-bond acceptors (Lipinski definition) is 8. The molecule has 9 heteroatoms. The van der Waals surface area contributed by atoms with Crippen molar-refractivity contribution in [2.24, 2.45) is 0 Å². The number of nitrogens with two attached hydrogens (primary N) is 1. The lowest BCUT2D eigenvalue weighted by atomic mass is 10.1. The molecule has 0 atom stereocenters. The molecule has 2 aliphatic rings. The van der Waals surface area contributed by atoms with Gasteiger partial charge in [-0.1, -0.05) is 25.2 Å². The highest BCUT2D eigenvalue weighted by Crippen LogP contribution is 2.33. The van der Waals surface area contributed by atoms with Crippen LogP contribution < -0.4 is 20.7 Å². The number of aliphatic hydroxyl groups is 1. The predicted molar refractivity (Wildman–Crippen MR) is 132 cm³/mol. The van der Waals surface area contributed by atoms with Crippen LogP contribution in [0.5, 0.6) is 6.01 Å². The Morgan fingerprint density at radius 2 is 2.06 bits per heavy atom. The number of anilines is 3. The van der Waals surface area contributed by atoms with Crippen molar-refractivity contribution in [3.05, 3.63) is 23.8 Å². The van der Waals surface area contributed by atoms with E-state index in [1.165, 1.54) is 18.4 Å². The summed E-state index contributed by atoms with van der Waals surface area (Å²) < 4.78 is 5.64. The standard InChI is InChI=1S/C24H38N6O3/c1-4-5-9-18(16-29-12-6-7-13-29)10-8-14-30-17-19(31)26-20-21(25)27-23(28-22(20)30)33-15-11-24(2,3)32/h5,9-10,32H,4,6-8,11-17H2,1-3H3,(H,26,31)(H2,25,27,28)/b9-5-,18-10+. The Bertz CT molecular complexity index is 872. The van der Waals surface area contributed by atoms with Crippen molar-refractivity contribution >= 4 is 23.2 Å². The number of carbonyl (C=O) groups excluding carboxylic acids is 1. The molecular formula is C24H38N6O3. The molecule has 2 aliphatic heterocycles. The van der Waals surface area contributed by atoms with Crippen LogP contribution in [0.3, 0.4) is 0 Å². The second-order valence-corrected chi connectivity index (χ2v) is 9.33. The molecular weight excluding hydrogens is 420 g/mol. The highest BCUT2D eigenvalue weighted by Gasteiger charge is 2.27. The fourth-order valence-electron chi connectivity index (χ4n) is 3.92. The first-order chi connectivity index (χ1) is 15.7. The van der Waals surface area contributed by atoms with Gasteiger partial charge in [0.2, 0.25) is 5.91 Å². The number of fused-ring (bicyclic) bond motifs is 1. The van der Waals surface area contributed by atoms with Crippen LogP contribution in [0.25, 0.3) is 0 Å². The van der Waals surface area contributed by atoms with Crippen molar-refractivity contribution in [2.45, 2.75) is 58.5 Å². The number of likely N-dealkylation sites (tertiary alicyclic amines) is 1. The van der Waals surface area contributed by atoms with E-state index in [0.717, 1.165) is 32.5 Å². The lowest BCUT2D eigenvalue weighted by Crippen LogP contribution is -2.40. The van der Waals surface area contributed by atoms with E-state index in [0.29, 0.717) is 24.5 Å². The van der Waals surface area contributed by atoms with Crippen molar-refractivity contribution in [1.82, 2.24) is 14.9 Å². The summed E-state index contributed by atoms with van der Waals surface area (Å²) in [5.41, 5.74) is 6.98. The Morgan fingerprint density at radius 1 is 1.30 bits per heavy atom. The number of nitrogens with one attached hydrogen (secondary N) is 1. The lowest BCUT2D eigenvalue weighted by molar-refractivity contribution is -0.115. The first-order valence-electron chi connectivity index (χ1n) is 11.9. The first kappa shape index (κ1) is 25.0. The number of nitrogens with zero attached hydrogens (tertiary/aromatic N) is 4. The van der Waals surface area contributed by atoms with Gasteiger partial charge in [-0.2, -0.15) is 9.97 Å². The lowest BCUT2D eigenvalue weighted by Gasteiger charge is -2.30. The third kappa shape index (κ3) is 7.71. The van der Waals surface area contributed by atoms with E-state index in [2.05, 4.69) is 45.3 Å². The number of carbonyl (C=O) groups is 1. The smallest absolute Gasteiger partial charge is 0.320 e. The van der Waals surface area contributed by atoms with Crippen molar-refractivity contribution < 1.29 is 14.6 Å². The van der Waals surface area contributed by atoms with Crippen LogP contribution in [0, 0.1) is 0 Å². The Kier molecular flexibility index (Phi) is 8.68. The summed E-state index contributed by atoms with van der Waals surface area (Å²) in [4.78, 5) is 25.4. The zero-order chi connectivity index (χ0) is 23.8. The van der Waals surface area contributed by atoms with Gasteiger partial charge in [0.05, 0.1) is 18.8 Å². The number of rotatable bonds is 11. The second kappa shape index (κ2) is 11.5. The molecule has 1 aromatic heterocycles. The van der Waals surface area contributed by atoms with Gasteiger partial charge in [0, 0.05) is 19.5 Å². The molecule has 33 heavy (non-hydrogen) atoms. The molecule has 3 rings (SSSR count). The summed E-state index contributed by atoms with van der Waals surface area (Å²) in [6.07, 6.45) is 11.4. The Morgan fingerprint density at radius 3 is 2.76 bits per heavy atom. The summed E-state index contributed by atoms with van der Waals surface area (Å²) in [6.45, 7) is 9.94. The molecule has 1 aromatic rings. The van der Waals surface area contributed by atoms with Gasteiger partial charge in [-0.25, -0.2) is 0 Å². The predicted octanol–water partition coefficient (Wildman–Crippen LogP) is 2.74. The van der Waals surface area contributed by atoms with Crippen LogP contribution in [-0.2, 0) is 4.79 Å². The minimum absolute atomic E-state index is 0.138. The molecule has 3 heterocycles. The quantitative estimate of drug-likeness (QED) is 0.434. The fraction of sp³-hybridized carbons (Fsp3) is 0.625. The zero-order valence-electron chi connectivity index (χ0n) is 20.1. The molecule has 1 saturated heterocycles. The van der Waals surface area contributed by atoms with Gasteiger partial charge in [0.1, 0.15) is 5.69 Å². The maximum Gasteiger partial charge on any atom is 0.320 e. The van der Waals surface area contributed by atoms with Gasteiger partial charge in [-0.3, -0.25) is 9.69 Å². The fourth-order valence-corrected chi connectivity index (χ4v) is 3.92. The summed E-state index contributed by atoms with van der Waals surface area (Å²) in [6, 6.07) is 0.146. The van der Waals surface area contributed by atoms with Gasteiger partial charge in [-0.05, 0) is 58.2 Å². The van der Waals surface area contributed by atoms with Crippen LogP contribution in [-0.4, -0.2) is 70.8 Å². The number of amides is 1. The van der Waals surface area contributed by atoms with Crippen molar-refractivity contribution in [2.75, 3.05) is 55.3 Å². The SMILES string of the molecule is CC/C=C\C(=C/CCN1CC(=O)Nc2c(N)nc(OCCC(C)(C)O)nc21)CN1CCCC1. The summed E-state index contributed by atoms with van der Waals surface area (Å²) in [5, 5.41) is 12.7. The van der Waals surface area contributed by atoms with Crippen LogP contribution in [0.1, 0.15) is 52.9 Å². The summed E-state index contributed by atoms with van der Waals surface area (Å²) in [7, 11) is 0. The molecule has 182 valence electrons. The number of nitrogen functional groups attached to an aromatic ring is 1. The number of ether oxygens (including phenoxy) is 1. The van der Waals surface area contributed by atoms with Gasteiger partial charge >= 0.3 is 6.01 Å². The highest BCUT2D eigenvalue weighted by molar-refractivity contribution is 6.03. The van der Waals surface area contributed by atoms with Gasteiger partial charge in [0.15, 0.2) is 11.6 Å². The molecule has 0 radical (unpaired) electrons. The third-order valence-corrected chi connectivity index (χ3v) is 5.72. The van der Waals surface area contributed by atoms with Crippen LogP contribution >= 0.6 is 0 Å². The average Bonchev–Trinajstić information content (AvgIpc) is 3.25. The second-order valence-electron chi connectivity index (χ2n) is 9.33. The third-order valence-electron chi connectivity index (χ3n) is 5.72. The van der Waals surface area contributed by atoms with E-state index < -0.39 is 5.60 Å². The van der Waals surface area contributed by atoms with Gasteiger partial charge in [0.25, 0.3) is 0 Å². The molecule has 9 nitrogen and oxygen atoms in total. The number of aromatic nitrogens is 2. The Labute approximate surface area is 196 Å². The Balaban J connectivity index is 1.70. The van der Waals surface area contributed by atoms with Crippen LogP contribution in [0.2, 0.25) is 0 Å². The van der Waals surface area contributed by atoms with E-state index in [9.17, 15) is 9.90 Å². The maximum atomic E-state index is 12.3. The highest BCUT2D eigenvalue weighted by atomic mass is 16.5. The minimum Gasteiger partial charge on any atom is -0.463 e. The van der Waals surface area contributed by atoms with E-state index in [4.69, 9.17) is 10.5 Å². The molecule has 0 saturated carbocycles. The molecule has 1 amide bonds. The van der Waals surface area contributed by atoms with E-state index in [1.54, 1.807) is 13.8 Å². The first-order valence-corrected chi connectivity index (χ1v) is 11.9. The van der Waals surface area contributed by atoms with Crippen molar-refractivity contribution in [1.29, 1.82) is 0 Å². The summed E-state index contributed by atoms with van der Waals surface area (Å²) in [5.74, 6) is 0.604. The topological polar surface area (TPSA) is 117 Å². The molecule has 1 fully saturated rings. The molecule has 0 spiro atoms.